The van der Waals surface area contributed by atoms with E-state index < -0.39 is 36.3 Å². The SMILES string of the molecule is C.C.C.C.C=CCOc1c(C)c2c(c3c1CC1[C@H]4c5c(cc(C)c(OC)c5O)C[C@@H]([C@H](C#N)N1[C@H]3CNC(=O)[C@@H](C)NC(=S)Nc1ccccc1)N4C)OCO2.C=CCOc1c(C)c2c(c3c1CC1[C@H]4c5c(cc(C)c(OC)c5O)C[C@@H]([C@H](C#N)N1[C@H]3CNC(=O)[C@H](C)N)N4C)OCO2. The third kappa shape index (κ3) is 12.8. The zero-order valence-corrected chi connectivity index (χ0v) is 56.1. The van der Waals surface area contributed by atoms with Gasteiger partial charge in [-0.3, -0.25) is 29.2 Å². The molecule has 532 valence electrons. The number of nitrogens with two attached hydrogens (primary N) is 1. The minimum atomic E-state index is -0.702. The number of ether oxygens (including phenoxy) is 8. The molecule has 24 heteroatoms. The van der Waals surface area contributed by atoms with E-state index in [2.05, 4.69) is 78.3 Å². The molecule has 99 heavy (non-hydrogen) atoms. The molecule has 12 atom stereocenters. The number of nitriles is 2. The smallest absolute Gasteiger partial charge is 0.242 e. The van der Waals surface area contributed by atoms with E-state index in [9.17, 15) is 30.3 Å². The van der Waals surface area contributed by atoms with Gasteiger partial charge in [-0.1, -0.05) is 85.3 Å². The fourth-order valence-electron chi connectivity index (χ4n) is 16.4. The first-order valence-electron chi connectivity index (χ1n) is 32.1. The lowest BCUT2D eigenvalue weighted by Gasteiger charge is -2.60. The molecule has 0 aromatic heterocycles. The summed E-state index contributed by atoms with van der Waals surface area (Å²) >= 11 is 5.51. The molecule has 0 radical (unpaired) electrons. The van der Waals surface area contributed by atoms with Gasteiger partial charge in [-0.2, -0.15) is 10.5 Å². The largest absolute Gasteiger partial charge is 0.504 e. The van der Waals surface area contributed by atoms with Crippen molar-refractivity contribution >= 4 is 34.8 Å². The monoisotopic (exact) mass is 1380 g/mol. The van der Waals surface area contributed by atoms with Crippen molar-refractivity contribution in [1.82, 2.24) is 35.6 Å². The predicted molar refractivity (Wildman–Crippen MR) is 386 cm³/mol. The van der Waals surface area contributed by atoms with E-state index in [-0.39, 0.29) is 123 Å². The Labute approximate surface area is 588 Å². The first-order chi connectivity index (χ1) is 45.7. The molecule has 0 spiro atoms. The Kier molecular flexibility index (Phi) is 23.4. The summed E-state index contributed by atoms with van der Waals surface area (Å²) in [5.41, 5.74) is 17.2. The van der Waals surface area contributed by atoms with E-state index >= 15 is 0 Å². The molecule has 0 aliphatic carbocycles. The lowest BCUT2D eigenvalue weighted by atomic mass is 9.71. The van der Waals surface area contributed by atoms with Crippen LogP contribution in [-0.2, 0) is 35.3 Å². The maximum atomic E-state index is 13.8. The van der Waals surface area contributed by atoms with Crippen molar-refractivity contribution in [3.63, 3.8) is 0 Å². The number of para-hydroxylation sites is 1. The van der Waals surface area contributed by atoms with Crippen LogP contribution >= 0.6 is 12.2 Å². The van der Waals surface area contributed by atoms with Crippen LogP contribution in [0.2, 0.25) is 0 Å². The van der Waals surface area contributed by atoms with E-state index in [1.165, 1.54) is 0 Å². The van der Waals surface area contributed by atoms with Crippen LogP contribution < -0.4 is 64.9 Å². The van der Waals surface area contributed by atoms with Crippen LogP contribution in [0.25, 0.3) is 0 Å². The summed E-state index contributed by atoms with van der Waals surface area (Å²) in [6.45, 7) is 19.9. The number of aryl methyl sites for hydroxylation is 2. The third-order valence-corrected chi connectivity index (χ3v) is 20.6. The number of nitrogens with one attached hydrogen (secondary N) is 4. The molecule has 4 bridgehead atoms. The number of hydrogen-bond acceptors (Lipinski definition) is 20. The van der Waals surface area contributed by atoms with Crippen LogP contribution in [0.3, 0.4) is 0 Å². The van der Waals surface area contributed by atoms with Crippen molar-refractivity contribution < 1.29 is 57.7 Å². The highest BCUT2D eigenvalue weighted by Crippen LogP contribution is 2.61. The summed E-state index contributed by atoms with van der Waals surface area (Å²) in [6, 6.07) is 14.0. The van der Waals surface area contributed by atoms with Gasteiger partial charge in [0, 0.05) is 87.5 Å². The Balaban J connectivity index is 0.000000246. The number of anilines is 1. The molecular weight excluding hydrogens is 1280 g/mol. The average molecular weight is 1380 g/mol. The van der Waals surface area contributed by atoms with E-state index in [0.29, 0.717) is 83.4 Å². The van der Waals surface area contributed by atoms with Gasteiger partial charge in [0.25, 0.3) is 0 Å². The van der Waals surface area contributed by atoms with Crippen molar-refractivity contribution in [2.75, 3.05) is 73.5 Å². The van der Waals surface area contributed by atoms with Gasteiger partial charge >= 0.3 is 0 Å². The molecule has 23 nitrogen and oxygen atoms in total. The Hall–Kier alpha value is -9.01. The number of likely N-dealkylation sites (N-methyl/N-ethyl adjacent to an activating group) is 2. The number of hydrogen-bond donors (Lipinski definition) is 7. The number of benzene rings is 5. The molecule has 2 fully saturated rings. The second-order valence-corrected chi connectivity index (χ2v) is 26.1. The van der Waals surface area contributed by atoms with Crippen molar-refractivity contribution in [2.45, 2.75) is 169 Å². The minimum absolute atomic E-state index is 0. The van der Waals surface area contributed by atoms with Crippen LogP contribution in [0.4, 0.5) is 5.69 Å². The van der Waals surface area contributed by atoms with Gasteiger partial charge in [0.1, 0.15) is 42.8 Å². The number of thiocarbonyl (C=S) groups is 1. The van der Waals surface area contributed by atoms with Crippen LogP contribution in [0.5, 0.6) is 57.5 Å². The van der Waals surface area contributed by atoms with E-state index in [1.54, 1.807) is 40.2 Å². The molecule has 13 rings (SSSR count). The van der Waals surface area contributed by atoms with Crippen LogP contribution in [0, 0.1) is 50.4 Å². The highest BCUT2D eigenvalue weighted by Gasteiger charge is 2.59. The molecule has 5 aromatic carbocycles. The summed E-state index contributed by atoms with van der Waals surface area (Å²) in [5, 5.41) is 57.8. The van der Waals surface area contributed by atoms with Crippen molar-refractivity contribution in [3.05, 3.63) is 135 Å². The maximum absolute atomic E-state index is 13.8. The van der Waals surface area contributed by atoms with Gasteiger partial charge in [-0.05, 0) is 128 Å². The Morgan fingerprint density at radius 3 is 1.46 bits per heavy atom. The van der Waals surface area contributed by atoms with E-state index in [4.69, 9.17) is 55.8 Å². The molecule has 0 saturated carbocycles. The minimum Gasteiger partial charge on any atom is -0.504 e. The van der Waals surface area contributed by atoms with Crippen molar-refractivity contribution in [3.8, 4) is 69.6 Å². The number of carbonyl (C=O) groups excluding carboxylic acids is 2. The molecule has 8 aliphatic rings. The Morgan fingerprint density at radius 2 is 1.07 bits per heavy atom. The quantitative estimate of drug-likeness (QED) is 0.0357. The van der Waals surface area contributed by atoms with E-state index in [0.717, 1.165) is 72.4 Å². The van der Waals surface area contributed by atoms with Crippen molar-refractivity contribution in [2.24, 2.45) is 5.73 Å². The summed E-state index contributed by atoms with van der Waals surface area (Å²) in [5.74, 6) is 4.32. The van der Waals surface area contributed by atoms with Crippen molar-refractivity contribution in [1.29, 1.82) is 10.5 Å². The number of carbonyl (C=O) groups is 2. The summed E-state index contributed by atoms with van der Waals surface area (Å²) in [7, 11) is 7.17. The second-order valence-electron chi connectivity index (χ2n) is 25.7. The molecule has 2 saturated heterocycles. The lowest BCUT2D eigenvalue weighted by Crippen LogP contribution is -2.69. The molecular formula is C75H99N11O12S. The molecule has 8 heterocycles. The summed E-state index contributed by atoms with van der Waals surface area (Å²) in [4.78, 5) is 35.4. The van der Waals surface area contributed by atoms with Gasteiger partial charge < -0.3 is 75.1 Å². The average Bonchev–Trinajstić information content (AvgIpc) is 1.34. The number of nitrogens with zero attached hydrogens (tertiary/aromatic N) is 6. The van der Waals surface area contributed by atoms with E-state index in [1.807, 2.05) is 72.1 Å². The number of phenolic OH excluding ortho intramolecular Hbond substituents is 2. The highest BCUT2D eigenvalue weighted by molar-refractivity contribution is 7.80. The molecule has 2 amide bonds. The molecule has 8 aliphatic heterocycles. The van der Waals surface area contributed by atoms with Gasteiger partial charge in [0.05, 0.1) is 56.6 Å². The van der Waals surface area contributed by atoms with Crippen LogP contribution in [-0.4, -0.2) is 163 Å². The summed E-state index contributed by atoms with van der Waals surface area (Å²) < 4.78 is 48.2. The molecule has 2 unspecified atom stereocenters. The fourth-order valence-corrected chi connectivity index (χ4v) is 16.7. The highest BCUT2D eigenvalue weighted by atomic mass is 32.1. The normalized spacial score (nSPS) is 23.4. The number of fused-ring (bicyclic) bond motifs is 18. The lowest BCUT2D eigenvalue weighted by molar-refractivity contribution is -0.124. The first kappa shape index (κ1) is 75.8. The number of phenols is 2. The third-order valence-electron chi connectivity index (χ3n) is 20.3. The van der Waals surface area contributed by atoms with Gasteiger partial charge in [-0.25, -0.2) is 0 Å². The number of piperazine rings is 2. The molecule has 5 aromatic rings. The Bertz CT molecular complexity index is 4010. The number of methoxy groups -OCH3 is 2. The topological polar surface area (TPSA) is 283 Å². The van der Waals surface area contributed by atoms with Gasteiger partial charge in [-0.15, -0.1) is 0 Å². The first-order valence-corrected chi connectivity index (χ1v) is 32.5. The zero-order valence-electron chi connectivity index (χ0n) is 55.3. The van der Waals surface area contributed by atoms with Crippen LogP contribution in [0.15, 0.2) is 67.8 Å². The Morgan fingerprint density at radius 1 is 0.657 bits per heavy atom. The maximum Gasteiger partial charge on any atom is 0.242 e. The zero-order chi connectivity index (χ0) is 67.6. The van der Waals surface area contributed by atoms with Gasteiger partial charge in [0.2, 0.25) is 25.4 Å². The number of amides is 2. The molecule has 8 N–H and O–H groups in total. The second kappa shape index (κ2) is 30.6. The van der Waals surface area contributed by atoms with Gasteiger partial charge in [0.15, 0.2) is 51.1 Å². The standard InChI is InChI=1S/C39H44N6O6S.C32H39N5O6.4CH4/c1-7-13-49-35-21(3)36-37(51-19-50-36)31-25(35)16-27-32-30-23(14-20(2)34(48-6)33(30)46)15-26(44(32)5)28(17-40)45(27)29(31)18-41-38(47)22(4)42-39(52)43-24-11-9-8-10-12-24;1-7-8-41-29-16(3)30-31(43-14-42-30)25-19(29)11-21-26-24-18(9-15(2)28(40-6)27(24)38)10-20(36(26)5)22(12-33)37(21)23(25)13-35-32(39)17(4)34;;;;/h7-12,14,22,26-29,32,46H,1,13,15-16,18-19H2,2-6H3,(H,41,47)(H2,42,43,52);7,9,17,20-23,26,38H,1,8,10-11,13-14,34H2,2-6H3,(H,35,39);4*1H4/t22-,26+,27?,28+,29+,32+;17-,20-,21?,22-,23-,26-;;;;/m10..../s1. The number of rotatable bonds is 16. The number of aromatic hydroxyl groups is 2. The summed E-state index contributed by atoms with van der Waals surface area (Å²) in [6.07, 6.45) is 5.51. The fraction of sp³-hybridized carbons (Fsp3) is 0.480. The van der Waals surface area contributed by atoms with Crippen LogP contribution in [0.1, 0.15) is 134 Å². The predicted octanol–water partition coefficient (Wildman–Crippen LogP) is 9.66.